The number of benzene rings is 1. The maximum atomic E-state index is 12.9. The number of pyridine rings is 1. The largest absolute Gasteiger partial charge is 0.336 e. The third-order valence-electron chi connectivity index (χ3n) is 4.46. The highest BCUT2D eigenvalue weighted by Crippen LogP contribution is 2.23. The zero-order valence-electron chi connectivity index (χ0n) is 14.6. The van der Waals surface area contributed by atoms with Crippen LogP contribution in [0.15, 0.2) is 41.4 Å². The molecule has 2 aromatic rings. The summed E-state index contributed by atoms with van der Waals surface area (Å²) in [6, 6.07) is 8.53. The lowest BCUT2D eigenvalue weighted by molar-refractivity contribution is 0.0697. The summed E-state index contributed by atoms with van der Waals surface area (Å²) in [4.78, 5) is 18.4. The normalized spacial score (nSPS) is 15.9. The Hall–Kier alpha value is -1.96. The van der Waals surface area contributed by atoms with Crippen LogP contribution in [-0.4, -0.2) is 54.7 Å². The number of rotatable bonds is 3. The van der Waals surface area contributed by atoms with Crippen LogP contribution in [0.25, 0.3) is 0 Å². The van der Waals surface area contributed by atoms with Crippen molar-refractivity contribution in [1.82, 2.24) is 14.2 Å². The van der Waals surface area contributed by atoms with Crippen LogP contribution in [0.1, 0.15) is 21.5 Å². The van der Waals surface area contributed by atoms with Gasteiger partial charge in [-0.2, -0.15) is 4.31 Å². The maximum absolute atomic E-state index is 12.9. The fourth-order valence-corrected chi connectivity index (χ4v) is 4.88. The molecule has 0 aliphatic carbocycles. The van der Waals surface area contributed by atoms with Gasteiger partial charge in [-0.1, -0.05) is 23.7 Å². The van der Waals surface area contributed by atoms with Gasteiger partial charge in [0.1, 0.15) is 5.15 Å². The number of amides is 1. The molecule has 0 bridgehead atoms. The van der Waals surface area contributed by atoms with Crippen LogP contribution < -0.4 is 0 Å². The van der Waals surface area contributed by atoms with Crippen LogP contribution >= 0.6 is 11.6 Å². The lowest BCUT2D eigenvalue weighted by atomic mass is 10.2. The van der Waals surface area contributed by atoms with Crippen molar-refractivity contribution in [2.75, 3.05) is 26.2 Å². The molecular formula is C18H20ClN3O3S. The van der Waals surface area contributed by atoms with Crippen molar-refractivity contribution < 1.29 is 13.2 Å². The predicted molar refractivity (Wildman–Crippen MR) is 99.8 cm³/mol. The van der Waals surface area contributed by atoms with Gasteiger partial charge in [-0.25, -0.2) is 13.4 Å². The number of piperazine rings is 1. The molecule has 0 saturated carbocycles. The second-order valence-electron chi connectivity index (χ2n) is 6.33. The second-order valence-corrected chi connectivity index (χ2v) is 8.63. The average Bonchev–Trinajstić information content (AvgIpc) is 2.63. The van der Waals surface area contributed by atoms with E-state index in [2.05, 4.69) is 4.98 Å². The first kappa shape index (κ1) is 18.8. The zero-order chi connectivity index (χ0) is 18.9. The third kappa shape index (κ3) is 3.75. The van der Waals surface area contributed by atoms with Crippen LogP contribution in [-0.2, 0) is 10.0 Å². The van der Waals surface area contributed by atoms with Gasteiger partial charge in [0.2, 0.25) is 10.0 Å². The number of halogens is 1. The van der Waals surface area contributed by atoms with E-state index < -0.39 is 10.0 Å². The molecule has 0 atom stereocenters. The van der Waals surface area contributed by atoms with E-state index in [1.165, 1.54) is 16.6 Å². The molecule has 0 spiro atoms. The first-order chi connectivity index (χ1) is 12.3. The fourth-order valence-electron chi connectivity index (χ4n) is 2.97. The predicted octanol–water partition coefficient (Wildman–Crippen LogP) is 2.50. The summed E-state index contributed by atoms with van der Waals surface area (Å²) in [7, 11) is -3.57. The Balaban J connectivity index is 1.74. The molecule has 0 radical (unpaired) electrons. The molecule has 1 aromatic heterocycles. The Morgan fingerprint density at radius 1 is 1.08 bits per heavy atom. The first-order valence-corrected chi connectivity index (χ1v) is 10.1. The van der Waals surface area contributed by atoms with Crippen LogP contribution in [0.2, 0.25) is 5.15 Å². The lowest BCUT2D eigenvalue weighted by Crippen LogP contribution is -2.50. The minimum absolute atomic E-state index is 0.168. The molecule has 1 fully saturated rings. The molecule has 1 aromatic carbocycles. The Morgan fingerprint density at radius 2 is 1.77 bits per heavy atom. The van der Waals surface area contributed by atoms with Gasteiger partial charge in [-0.3, -0.25) is 4.79 Å². The molecule has 2 heterocycles. The van der Waals surface area contributed by atoms with Gasteiger partial charge in [0.15, 0.2) is 0 Å². The van der Waals surface area contributed by atoms with Gasteiger partial charge in [-0.05, 0) is 43.2 Å². The molecule has 138 valence electrons. The number of hydrogen-bond donors (Lipinski definition) is 0. The minimum atomic E-state index is -3.57. The standard InChI is InChI=1S/C18H20ClN3O3S/c1-13-3-4-14(2)16(11-13)26(24,25)22-9-7-21(8-10-22)18(23)15-5-6-20-17(19)12-15/h3-6,11-12H,7-10H2,1-2H3. The molecule has 6 nitrogen and oxygen atoms in total. The number of carbonyl (C=O) groups is 1. The average molecular weight is 394 g/mol. The van der Waals surface area contributed by atoms with Crippen molar-refractivity contribution >= 4 is 27.5 Å². The molecule has 1 amide bonds. The minimum Gasteiger partial charge on any atom is -0.336 e. The molecule has 1 saturated heterocycles. The van der Waals surface area contributed by atoms with Gasteiger partial charge in [0, 0.05) is 37.9 Å². The zero-order valence-corrected chi connectivity index (χ0v) is 16.2. The van der Waals surface area contributed by atoms with E-state index in [-0.39, 0.29) is 24.1 Å². The molecule has 3 rings (SSSR count). The van der Waals surface area contributed by atoms with Crippen LogP contribution in [0.4, 0.5) is 0 Å². The van der Waals surface area contributed by atoms with Gasteiger partial charge >= 0.3 is 0 Å². The monoisotopic (exact) mass is 393 g/mol. The number of carbonyl (C=O) groups excluding carboxylic acids is 1. The summed E-state index contributed by atoms with van der Waals surface area (Å²) < 4.78 is 27.3. The Labute approximate surface area is 158 Å². The highest BCUT2D eigenvalue weighted by Gasteiger charge is 2.31. The van der Waals surface area contributed by atoms with E-state index >= 15 is 0 Å². The number of hydrogen-bond acceptors (Lipinski definition) is 4. The SMILES string of the molecule is Cc1ccc(C)c(S(=O)(=O)N2CCN(C(=O)c3ccnc(Cl)c3)CC2)c1. The molecule has 1 aliphatic rings. The molecule has 26 heavy (non-hydrogen) atoms. The molecule has 0 N–H and O–H groups in total. The van der Waals surface area contributed by atoms with Crippen molar-refractivity contribution in [2.45, 2.75) is 18.7 Å². The van der Waals surface area contributed by atoms with Crippen molar-refractivity contribution in [3.63, 3.8) is 0 Å². The smallest absolute Gasteiger partial charge is 0.254 e. The third-order valence-corrected chi connectivity index (χ3v) is 6.71. The van der Waals surface area contributed by atoms with Gasteiger partial charge in [0.05, 0.1) is 4.90 Å². The highest BCUT2D eigenvalue weighted by molar-refractivity contribution is 7.89. The number of aryl methyl sites for hydroxylation is 2. The number of sulfonamides is 1. The summed E-state index contributed by atoms with van der Waals surface area (Å²) in [6.07, 6.45) is 1.48. The summed E-state index contributed by atoms with van der Waals surface area (Å²) in [6.45, 7) is 4.86. The van der Waals surface area contributed by atoms with E-state index in [1.807, 2.05) is 19.1 Å². The van der Waals surface area contributed by atoms with Crippen molar-refractivity contribution in [3.8, 4) is 0 Å². The van der Waals surface area contributed by atoms with Crippen molar-refractivity contribution in [2.24, 2.45) is 0 Å². The summed E-state index contributed by atoms with van der Waals surface area (Å²) in [5.41, 5.74) is 2.08. The Morgan fingerprint density at radius 3 is 2.42 bits per heavy atom. The van der Waals surface area contributed by atoms with Gasteiger partial charge in [-0.15, -0.1) is 0 Å². The summed E-state index contributed by atoms with van der Waals surface area (Å²) in [5.74, 6) is -0.168. The molecular weight excluding hydrogens is 374 g/mol. The van der Waals surface area contributed by atoms with Crippen LogP contribution in [0.3, 0.4) is 0 Å². The lowest BCUT2D eigenvalue weighted by Gasteiger charge is -2.34. The number of aromatic nitrogens is 1. The molecule has 8 heteroatoms. The first-order valence-electron chi connectivity index (χ1n) is 8.27. The summed E-state index contributed by atoms with van der Waals surface area (Å²) in [5, 5.41) is 0.256. The Kier molecular flexibility index (Phi) is 5.32. The van der Waals surface area contributed by atoms with E-state index in [4.69, 9.17) is 11.6 Å². The van der Waals surface area contributed by atoms with E-state index in [0.29, 0.717) is 23.5 Å². The summed E-state index contributed by atoms with van der Waals surface area (Å²) >= 11 is 5.84. The van der Waals surface area contributed by atoms with Gasteiger partial charge < -0.3 is 4.90 Å². The van der Waals surface area contributed by atoms with E-state index in [0.717, 1.165) is 11.1 Å². The highest BCUT2D eigenvalue weighted by atomic mass is 35.5. The van der Waals surface area contributed by atoms with Crippen molar-refractivity contribution in [1.29, 1.82) is 0 Å². The topological polar surface area (TPSA) is 70.6 Å². The van der Waals surface area contributed by atoms with Gasteiger partial charge in [0.25, 0.3) is 5.91 Å². The molecule has 0 unspecified atom stereocenters. The number of nitrogens with zero attached hydrogens (tertiary/aromatic N) is 3. The van der Waals surface area contributed by atoms with Crippen LogP contribution in [0.5, 0.6) is 0 Å². The van der Waals surface area contributed by atoms with Crippen molar-refractivity contribution in [3.05, 3.63) is 58.4 Å². The Bertz CT molecular complexity index is 938. The maximum Gasteiger partial charge on any atom is 0.254 e. The van der Waals surface area contributed by atoms with Crippen LogP contribution in [0, 0.1) is 13.8 Å². The van der Waals surface area contributed by atoms with E-state index in [9.17, 15) is 13.2 Å². The quantitative estimate of drug-likeness (QED) is 0.751. The fraction of sp³-hybridized carbons (Fsp3) is 0.333. The molecule has 1 aliphatic heterocycles. The second kappa shape index (κ2) is 7.34. The van der Waals surface area contributed by atoms with E-state index in [1.54, 1.807) is 24.0 Å².